The highest BCUT2D eigenvalue weighted by Crippen LogP contribution is 2.34. The van der Waals surface area contributed by atoms with Gasteiger partial charge >= 0.3 is 5.97 Å². The Bertz CT molecular complexity index is 787. The Kier molecular flexibility index (Phi) is 4.37. The van der Waals surface area contributed by atoms with E-state index in [4.69, 9.17) is 16.7 Å². The van der Waals surface area contributed by atoms with Crippen LogP contribution < -0.4 is 4.90 Å². The Morgan fingerprint density at radius 2 is 2.16 bits per heavy atom. The van der Waals surface area contributed by atoms with E-state index < -0.39 is 5.97 Å². The quantitative estimate of drug-likeness (QED) is 0.884. The largest absolute Gasteiger partial charge is 0.478 e. The van der Waals surface area contributed by atoms with Crippen molar-refractivity contribution >= 4 is 23.4 Å². The van der Waals surface area contributed by atoms with E-state index in [0.29, 0.717) is 16.8 Å². The van der Waals surface area contributed by atoms with Crippen molar-refractivity contribution in [2.75, 3.05) is 18.0 Å². The first-order chi connectivity index (χ1) is 12.1. The average molecular weight is 361 g/mol. The summed E-state index contributed by atoms with van der Waals surface area (Å²) in [6.45, 7) is 2.75. The van der Waals surface area contributed by atoms with Crippen molar-refractivity contribution in [3.8, 4) is 0 Å². The number of aromatic nitrogens is 3. The van der Waals surface area contributed by atoms with E-state index >= 15 is 0 Å². The Morgan fingerprint density at radius 3 is 2.88 bits per heavy atom. The van der Waals surface area contributed by atoms with E-state index in [0.717, 1.165) is 44.2 Å². The number of carbonyl (C=O) groups is 1. The monoisotopic (exact) mass is 360 g/mol. The predicted octanol–water partition coefficient (Wildman–Crippen LogP) is 3.42. The van der Waals surface area contributed by atoms with Gasteiger partial charge in [0.25, 0.3) is 0 Å². The SMILES string of the molecule is O=C(O)c1cnc(N2CCC[C@@H](c3nccn3CC3CC3)C2)c(Cl)c1. The van der Waals surface area contributed by atoms with Gasteiger partial charge in [-0.15, -0.1) is 0 Å². The Morgan fingerprint density at radius 1 is 1.32 bits per heavy atom. The molecule has 2 fully saturated rings. The van der Waals surface area contributed by atoms with Crippen molar-refractivity contribution in [2.24, 2.45) is 5.92 Å². The molecule has 1 aliphatic heterocycles. The van der Waals surface area contributed by atoms with E-state index in [-0.39, 0.29) is 5.56 Å². The normalized spacial score (nSPS) is 20.7. The fourth-order valence-electron chi connectivity index (χ4n) is 3.57. The molecule has 1 saturated heterocycles. The van der Waals surface area contributed by atoms with Crippen LogP contribution in [-0.4, -0.2) is 38.7 Å². The number of carboxylic acid groups (broad SMARTS) is 1. The number of piperidine rings is 1. The first kappa shape index (κ1) is 16.4. The lowest BCUT2D eigenvalue weighted by molar-refractivity contribution is 0.0696. The lowest BCUT2D eigenvalue weighted by atomic mass is 9.97. The second-order valence-electron chi connectivity index (χ2n) is 7.00. The summed E-state index contributed by atoms with van der Waals surface area (Å²) in [6.07, 6.45) is 10.1. The van der Waals surface area contributed by atoms with Crippen LogP contribution in [-0.2, 0) is 6.54 Å². The summed E-state index contributed by atoms with van der Waals surface area (Å²) >= 11 is 6.30. The van der Waals surface area contributed by atoms with Gasteiger partial charge in [-0.3, -0.25) is 0 Å². The van der Waals surface area contributed by atoms with Gasteiger partial charge in [0.15, 0.2) is 0 Å². The third-order valence-electron chi connectivity index (χ3n) is 5.05. The van der Waals surface area contributed by atoms with Gasteiger partial charge in [-0.2, -0.15) is 0 Å². The molecule has 1 saturated carbocycles. The van der Waals surface area contributed by atoms with E-state index in [1.807, 2.05) is 6.20 Å². The number of carboxylic acids is 1. The van der Waals surface area contributed by atoms with E-state index in [1.165, 1.54) is 25.1 Å². The molecular formula is C18H21ClN4O2. The molecule has 1 atom stereocenters. The fraction of sp³-hybridized carbons (Fsp3) is 0.500. The van der Waals surface area contributed by atoms with Crippen molar-refractivity contribution in [3.63, 3.8) is 0 Å². The summed E-state index contributed by atoms with van der Waals surface area (Å²) in [7, 11) is 0. The molecule has 3 heterocycles. The standard InChI is InChI=1S/C18H21ClN4O2/c19-15-8-14(18(24)25)9-21-17(15)22-6-1-2-13(11-22)16-20-5-7-23(16)10-12-3-4-12/h5,7-9,12-13H,1-4,6,10-11H2,(H,24,25)/t13-/m1/s1. The van der Waals surface area contributed by atoms with Crippen LogP contribution in [0.2, 0.25) is 5.02 Å². The Hall–Kier alpha value is -2.08. The molecule has 132 valence electrons. The zero-order chi connectivity index (χ0) is 17.4. The van der Waals surface area contributed by atoms with Crippen molar-refractivity contribution in [1.82, 2.24) is 14.5 Å². The second-order valence-corrected chi connectivity index (χ2v) is 7.41. The molecular weight excluding hydrogens is 340 g/mol. The van der Waals surface area contributed by atoms with Gasteiger partial charge in [0.05, 0.1) is 10.6 Å². The molecule has 0 aromatic carbocycles. The minimum atomic E-state index is -1.01. The molecule has 7 heteroatoms. The smallest absolute Gasteiger partial charge is 0.337 e. The Labute approximate surface area is 151 Å². The van der Waals surface area contributed by atoms with Gasteiger partial charge < -0.3 is 14.6 Å². The highest BCUT2D eigenvalue weighted by molar-refractivity contribution is 6.33. The van der Waals surface area contributed by atoms with Crippen molar-refractivity contribution < 1.29 is 9.90 Å². The second kappa shape index (κ2) is 6.67. The van der Waals surface area contributed by atoms with Crippen LogP contribution in [0.1, 0.15) is 47.8 Å². The van der Waals surface area contributed by atoms with Crippen LogP contribution in [0.3, 0.4) is 0 Å². The van der Waals surface area contributed by atoms with Gasteiger partial charge in [0, 0.05) is 44.1 Å². The number of pyridine rings is 1. The molecule has 0 spiro atoms. The summed E-state index contributed by atoms with van der Waals surface area (Å²) in [6, 6.07) is 1.48. The lowest BCUT2D eigenvalue weighted by Gasteiger charge is -2.34. The van der Waals surface area contributed by atoms with Crippen LogP contribution in [0.5, 0.6) is 0 Å². The van der Waals surface area contributed by atoms with Crippen molar-refractivity contribution in [2.45, 2.75) is 38.1 Å². The van der Waals surface area contributed by atoms with Crippen LogP contribution >= 0.6 is 11.6 Å². The molecule has 0 radical (unpaired) electrons. The number of anilines is 1. The zero-order valence-electron chi connectivity index (χ0n) is 13.9. The number of hydrogen-bond donors (Lipinski definition) is 1. The first-order valence-corrected chi connectivity index (χ1v) is 9.14. The van der Waals surface area contributed by atoms with Crippen molar-refractivity contribution in [1.29, 1.82) is 0 Å². The maximum atomic E-state index is 11.1. The topological polar surface area (TPSA) is 71.2 Å². The number of hydrogen-bond acceptors (Lipinski definition) is 4. The van der Waals surface area contributed by atoms with Crippen LogP contribution in [0, 0.1) is 5.92 Å². The number of aromatic carboxylic acids is 1. The van der Waals surface area contributed by atoms with Gasteiger partial charge in [-0.05, 0) is 37.7 Å². The number of nitrogens with zero attached hydrogens (tertiary/aromatic N) is 4. The molecule has 1 aliphatic carbocycles. The summed E-state index contributed by atoms with van der Waals surface area (Å²) in [5.74, 6) is 1.96. The summed E-state index contributed by atoms with van der Waals surface area (Å²) < 4.78 is 2.30. The van der Waals surface area contributed by atoms with E-state index in [2.05, 4.69) is 25.6 Å². The minimum Gasteiger partial charge on any atom is -0.478 e. The zero-order valence-corrected chi connectivity index (χ0v) is 14.7. The summed E-state index contributed by atoms with van der Waals surface area (Å²) in [5.41, 5.74) is 0.113. The molecule has 0 unspecified atom stereocenters. The van der Waals surface area contributed by atoms with Gasteiger partial charge in [-0.25, -0.2) is 14.8 Å². The minimum absolute atomic E-state index is 0.113. The molecule has 6 nitrogen and oxygen atoms in total. The third-order valence-corrected chi connectivity index (χ3v) is 5.33. The molecule has 2 aromatic rings. The first-order valence-electron chi connectivity index (χ1n) is 8.76. The number of imidazole rings is 1. The number of rotatable bonds is 5. The predicted molar refractivity (Wildman–Crippen MR) is 95.3 cm³/mol. The highest BCUT2D eigenvalue weighted by Gasteiger charge is 2.29. The molecule has 0 bridgehead atoms. The Balaban J connectivity index is 1.53. The van der Waals surface area contributed by atoms with Gasteiger partial charge in [0.1, 0.15) is 11.6 Å². The van der Waals surface area contributed by atoms with Crippen LogP contribution in [0.15, 0.2) is 24.7 Å². The van der Waals surface area contributed by atoms with Crippen LogP contribution in [0.4, 0.5) is 5.82 Å². The summed E-state index contributed by atoms with van der Waals surface area (Å²) in [4.78, 5) is 22.1. The molecule has 4 rings (SSSR count). The molecule has 25 heavy (non-hydrogen) atoms. The molecule has 0 amide bonds. The molecule has 1 N–H and O–H groups in total. The molecule has 2 aliphatic rings. The van der Waals surface area contributed by atoms with Crippen molar-refractivity contribution in [3.05, 3.63) is 41.1 Å². The summed E-state index contributed by atoms with van der Waals surface area (Å²) in [5, 5.41) is 9.45. The fourth-order valence-corrected chi connectivity index (χ4v) is 3.86. The highest BCUT2D eigenvalue weighted by atomic mass is 35.5. The maximum Gasteiger partial charge on any atom is 0.337 e. The van der Waals surface area contributed by atoms with Gasteiger partial charge in [0.2, 0.25) is 0 Å². The number of halogens is 1. The van der Waals surface area contributed by atoms with Crippen LogP contribution in [0.25, 0.3) is 0 Å². The lowest BCUT2D eigenvalue weighted by Crippen LogP contribution is -2.36. The third kappa shape index (κ3) is 3.49. The van der Waals surface area contributed by atoms with E-state index in [1.54, 1.807) is 0 Å². The molecule has 2 aromatic heterocycles. The van der Waals surface area contributed by atoms with Gasteiger partial charge in [-0.1, -0.05) is 11.6 Å². The average Bonchev–Trinajstić information content (AvgIpc) is 3.30. The maximum absolute atomic E-state index is 11.1. The van der Waals surface area contributed by atoms with E-state index in [9.17, 15) is 4.79 Å².